The van der Waals surface area contributed by atoms with E-state index in [1.54, 1.807) is 28.6 Å². The van der Waals surface area contributed by atoms with Crippen LogP contribution in [0.15, 0.2) is 50.7 Å². The fourth-order valence-electron chi connectivity index (χ4n) is 5.31. The third-order valence-electron chi connectivity index (χ3n) is 7.02. The van der Waals surface area contributed by atoms with E-state index >= 15 is 0 Å². The molecule has 1 aromatic carbocycles. The summed E-state index contributed by atoms with van der Waals surface area (Å²) in [4.78, 5) is 32.0. The average molecular weight is 640 g/mol. The minimum absolute atomic E-state index is 0.101. The molecule has 0 bridgehead atoms. The number of amides is 1. The predicted octanol–water partition coefficient (Wildman–Crippen LogP) is 4.69. The van der Waals surface area contributed by atoms with Crippen LogP contribution in [0.25, 0.3) is 0 Å². The predicted molar refractivity (Wildman–Crippen MR) is 165 cm³/mol. The Balaban J connectivity index is 1.57. The first-order valence-electron chi connectivity index (χ1n) is 13.0. The topological polar surface area (TPSA) is 166 Å². The molecule has 224 valence electrons. The number of benzene rings is 1. The highest BCUT2D eigenvalue weighted by atomic mass is 32.2. The van der Waals surface area contributed by atoms with Crippen LogP contribution in [0.3, 0.4) is 0 Å². The molecule has 0 spiro atoms. The number of methoxy groups -OCH3 is 3. The molecule has 2 aliphatic rings. The van der Waals surface area contributed by atoms with Crippen molar-refractivity contribution in [3.8, 4) is 23.3 Å². The second-order valence-electron chi connectivity index (χ2n) is 10.4. The highest BCUT2D eigenvalue weighted by molar-refractivity contribution is 8.01. The summed E-state index contributed by atoms with van der Waals surface area (Å²) in [5.74, 6) is 0.249. The molecule has 3 N–H and O–H groups in total. The summed E-state index contributed by atoms with van der Waals surface area (Å²) in [6.45, 7) is 4.03. The fourth-order valence-corrected chi connectivity index (χ4v) is 7.53. The van der Waals surface area contributed by atoms with Crippen LogP contribution >= 0.6 is 34.4 Å². The summed E-state index contributed by atoms with van der Waals surface area (Å²) in [5.41, 5.74) is 8.21. The zero-order valence-corrected chi connectivity index (χ0v) is 26.5. The number of allylic oxidation sites excluding steroid dienone is 3. The Morgan fingerprint density at radius 1 is 1.21 bits per heavy atom. The van der Waals surface area contributed by atoms with Gasteiger partial charge in [-0.15, -0.1) is 21.5 Å². The van der Waals surface area contributed by atoms with E-state index in [0.717, 1.165) is 0 Å². The van der Waals surface area contributed by atoms with Gasteiger partial charge in [0.15, 0.2) is 26.8 Å². The van der Waals surface area contributed by atoms with Gasteiger partial charge in [-0.2, -0.15) is 5.26 Å². The van der Waals surface area contributed by atoms with Crippen LogP contribution in [0.1, 0.15) is 38.2 Å². The smallest absolute Gasteiger partial charge is 0.236 e. The van der Waals surface area contributed by atoms with Gasteiger partial charge in [0, 0.05) is 34.8 Å². The number of ketones is 1. The van der Waals surface area contributed by atoms with Crippen molar-refractivity contribution in [3.05, 3.63) is 51.9 Å². The zero-order valence-electron chi connectivity index (χ0n) is 24.1. The molecular weight excluding hydrogens is 611 g/mol. The lowest BCUT2D eigenvalue weighted by Gasteiger charge is -2.42. The number of Topliss-reactive ketones (excluding diaryl/α,β-unsaturated/α-hetero) is 1. The maximum absolute atomic E-state index is 13.9. The minimum atomic E-state index is -0.800. The minimum Gasteiger partial charge on any atom is -0.493 e. The monoisotopic (exact) mass is 639 g/mol. The average Bonchev–Trinajstić information content (AvgIpc) is 3.66. The van der Waals surface area contributed by atoms with Gasteiger partial charge < -0.3 is 25.3 Å². The van der Waals surface area contributed by atoms with Crippen LogP contribution in [-0.2, 0) is 9.59 Å². The number of ether oxygens (including phenoxy) is 3. The number of thioether (sulfide) groups is 1. The molecule has 1 atom stereocenters. The number of hydrogen-bond donors (Lipinski definition) is 2. The third kappa shape index (κ3) is 5.77. The van der Waals surface area contributed by atoms with Gasteiger partial charge >= 0.3 is 0 Å². The molecule has 1 aliphatic heterocycles. The van der Waals surface area contributed by atoms with E-state index in [0.29, 0.717) is 55.1 Å². The molecule has 12 nitrogen and oxygen atoms in total. The van der Waals surface area contributed by atoms with Gasteiger partial charge in [0.1, 0.15) is 5.82 Å². The molecule has 15 heteroatoms. The molecule has 3 heterocycles. The molecule has 0 saturated heterocycles. The van der Waals surface area contributed by atoms with Gasteiger partial charge in [0.25, 0.3) is 0 Å². The zero-order chi connectivity index (χ0) is 30.9. The number of carbonyl (C=O) groups excluding carboxylic acids is 2. The standard InChI is InChI=1S/C28H29N7O5S3/c1-28(2)10-16-21(17(36)11-28)20(14-6-7-18(38-3)23(40-5)22(14)39-4)15(12-29)24(30)35(16)26-33-34-27(43-26)42-13-19(37)32-25-31-8-9-41-25/h6-9,20H,10-11,13,30H2,1-5H3,(H,31,32,37). The number of thiazole rings is 1. The normalized spacial score (nSPS) is 17.8. The summed E-state index contributed by atoms with van der Waals surface area (Å²) in [5, 5.41) is 24.5. The van der Waals surface area contributed by atoms with Crippen molar-refractivity contribution in [1.29, 1.82) is 5.26 Å². The lowest BCUT2D eigenvalue weighted by molar-refractivity contribution is -0.118. The number of nitriles is 1. The van der Waals surface area contributed by atoms with Crippen LogP contribution in [-0.4, -0.2) is 54.0 Å². The maximum Gasteiger partial charge on any atom is 0.236 e. The largest absolute Gasteiger partial charge is 0.493 e. The summed E-state index contributed by atoms with van der Waals surface area (Å²) >= 11 is 3.77. The molecular formula is C28H29N7O5S3. The molecule has 1 amide bonds. The summed E-state index contributed by atoms with van der Waals surface area (Å²) in [6, 6.07) is 5.73. The number of rotatable bonds is 9. The molecule has 3 aromatic rings. The van der Waals surface area contributed by atoms with E-state index < -0.39 is 5.92 Å². The van der Waals surface area contributed by atoms with Crippen LogP contribution in [0.4, 0.5) is 10.3 Å². The second-order valence-corrected chi connectivity index (χ2v) is 13.5. The number of carbonyl (C=O) groups is 2. The van der Waals surface area contributed by atoms with E-state index in [4.69, 9.17) is 19.9 Å². The quantitative estimate of drug-likeness (QED) is 0.311. The second kappa shape index (κ2) is 12.2. The highest BCUT2D eigenvalue weighted by Crippen LogP contribution is 2.54. The molecule has 0 saturated carbocycles. The van der Waals surface area contributed by atoms with Gasteiger partial charge in [0.05, 0.1) is 44.6 Å². The molecule has 2 aromatic heterocycles. The Kier molecular flexibility index (Phi) is 8.63. The van der Waals surface area contributed by atoms with E-state index in [1.165, 1.54) is 55.8 Å². The fraction of sp³-hybridized carbons (Fsp3) is 0.357. The third-order valence-corrected chi connectivity index (χ3v) is 9.75. The van der Waals surface area contributed by atoms with Crippen molar-refractivity contribution in [2.45, 2.75) is 36.9 Å². The Morgan fingerprint density at radius 2 is 1.98 bits per heavy atom. The Bertz CT molecular complexity index is 1670. The van der Waals surface area contributed by atoms with E-state index in [1.807, 2.05) is 13.8 Å². The number of nitrogens with one attached hydrogen (secondary N) is 1. The van der Waals surface area contributed by atoms with Crippen molar-refractivity contribution in [1.82, 2.24) is 15.2 Å². The van der Waals surface area contributed by atoms with Crippen molar-refractivity contribution in [2.75, 3.05) is 37.3 Å². The van der Waals surface area contributed by atoms with Gasteiger partial charge in [-0.1, -0.05) is 43.0 Å². The van der Waals surface area contributed by atoms with Crippen LogP contribution < -0.4 is 30.2 Å². The van der Waals surface area contributed by atoms with Crippen molar-refractivity contribution >= 4 is 56.4 Å². The first-order chi connectivity index (χ1) is 20.6. The van der Waals surface area contributed by atoms with Gasteiger partial charge in [-0.25, -0.2) is 4.98 Å². The SMILES string of the molecule is COc1ccc(C2C(C#N)=C(N)N(c3nnc(SCC(=O)Nc4nccs4)s3)C3=C2C(=O)CC(C)(C)C3)c(OC)c1OC. The lowest BCUT2D eigenvalue weighted by atomic mass is 9.68. The Hall–Kier alpha value is -4.13. The Labute approximate surface area is 260 Å². The molecule has 0 fully saturated rings. The number of anilines is 2. The van der Waals surface area contributed by atoms with Gasteiger partial charge in [-0.3, -0.25) is 14.5 Å². The summed E-state index contributed by atoms with van der Waals surface area (Å²) < 4.78 is 17.3. The van der Waals surface area contributed by atoms with Crippen LogP contribution in [0.5, 0.6) is 17.2 Å². The van der Waals surface area contributed by atoms with Gasteiger partial charge in [0.2, 0.25) is 16.8 Å². The molecule has 43 heavy (non-hydrogen) atoms. The first-order valence-corrected chi connectivity index (χ1v) is 15.7. The molecule has 5 rings (SSSR count). The summed E-state index contributed by atoms with van der Waals surface area (Å²) in [7, 11) is 4.51. The molecule has 1 unspecified atom stereocenters. The summed E-state index contributed by atoms with van der Waals surface area (Å²) in [6.07, 6.45) is 2.40. The number of aromatic nitrogens is 3. The van der Waals surface area contributed by atoms with E-state index in [9.17, 15) is 14.9 Å². The number of nitrogens with two attached hydrogens (primary N) is 1. The number of hydrogen-bond acceptors (Lipinski definition) is 14. The van der Waals surface area contributed by atoms with Crippen LogP contribution in [0, 0.1) is 16.7 Å². The lowest BCUT2D eigenvalue weighted by Crippen LogP contribution is -2.42. The van der Waals surface area contributed by atoms with E-state index in [-0.39, 0.29) is 40.7 Å². The van der Waals surface area contributed by atoms with Crippen LogP contribution in [0.2, 0.25) is 0 Å². The molecule has 1 aliphatic carbocycles. The van der Waals surface area contributed by atoms with Crippen molar-refractivity contribution in [2.24, 2.45) is 11.1 Å². The van der Waals surface area contributed by atoms with E-state index in [2.05, 4.69) is 26.6 Å². The van der Waals surface area contributed by atoms with Gasteiger partial charge in [-0.05, 0) is 17.9 Å². The molecule has 0 radical (unpaired) electrons. The van der Waals surface area contributed by atoms with Crippen molar-refractivity contribution in [3.63, 3.8) is 0 Å². The highest BCUT2D eigenvalue weighted by Gasteiger charge is 2.46. The number of nitrogens with zero attached hydrogens (tertiary/aromatic N) is 5. The van der Waals surface area contributed by atoms with Crippen molar-refractivity contribution < 1.29 is 23.8 Å². The maximum atomic E-state index is 13.9. The Morgan fingerprint density at radius 3 is 2.63 bits per heavy atom. The first kappa shape index (κ1) is 30.3.